The molecular weight excluding hydrogens is 524 g/mol. The quantitative estimate of drug-likeness (QED) is 0.320. The van der Waals surface area contributed by atoms with E-state index in [1.165, 1.54) is 6.08 Å². The second-order valence-electron chi connectivity index (χ2n) is 10.6. The van der Waals surface area contributed by atoms with E-state index in [0.29, 0.717) is 17.1 Å². The third kappa shape index (κ3) is 4.48. The number of amides is 2. The molecule has 1 aromatic rings. The molecule has 4 rings (SSSR count). The minimum Gasteiger partial charge on any atom is -0.461 e. The Hall–Kier alpha value is -2.29. The van der Waals surface area contributed by atoms with E-state index in [1.807, 2.05) is 13.8 Å². The highest BCUT2D eigenvalue weighted by Gasteiger charge is 2.77. The Labute approximate surface area is 234 Å². The molecule has 3 unspecified atom stereocenters. The Morgan fingerprint density at radius 1 is 1.32 bits per heavy atom. The molecule has 3 aliphatic heterocycles. The Balaban J connectivity index is 1.86. The summed E-state index contributed by atoms with van der Waals surface area (Å²) in [4.78, 5) is 45.5. The molecule has 206 valence electrons. The molecule has 7 nitrogen and oxygen atoms in total. The fraction of sp³-hybridized carbons (Fsp3) is 0.552. The van der Waals surface area contributed by atoms with Crippen LogP contribution in [0.5, 0.6) is 0 Å². The summed E-state index contributed by atoms with van der Waals surface area (Å²) in [7, 11) is 0. The third-order valence-electron chi connectivity index (χ3n) is 8.59. The van der Waals surface area contributed by atoms with Crippen molar-refractivity contribution in [2.45, 2.75) is 55.7 Å². The highest BCUT2D eigenvalue weighted by molar-refractivity contribution is 8.02. The number of benzene rings is 1. The van der Waals surface area contributed by atoms with Crippen LogP contribution in [0.4, 0.5) is 5.69 Å². The SMILES string of the molecule is C=CCOC(=O)[C@@H]1[C@H]2C(=O)N([C@@H](CO)[C@@H](C)CC)C(C(=O)N(CC=C)c3ccc(Cl)cc3)C23S[C@@H]1CC3C. The molecule has 3 fully saturated rings. The van der Waals surface area contributed by atoms with Crippen LogP contribution in [-0.4, -0.2) is 69.6 Å². The minimum absolute atomic E-state index is 0.000860. The zero-order valence-electron chi connectivity index (χ0n) is 22.2. The predicted octanol–water partition coefficient (Wildman–Crippen LogP) is 4.33. The summed E-state index contributed by atoms with van der Waals surface area (Å²) in [6.07, 6.45) is 4.58. The maximum atomic E-state index is 14.7. The number of carbonyl (C=O) groups is 3. The van der Waals surface area contributed by atoms with Crippen molar-refractivity contribution in [2.75, 3.05) is 24.7 Å². The lowest BCUT2D eigenvalue weighted by molar-refractivity contribution is -0.154. The molecule has 8 atom stereocenters. The van der Waals surface area contributed by atoms with Crippen LogP contribution < -0.4 is 4.90 Å². The smallest absolute Gasteiger partial charge is 0.311 e. The van der Waals surface area contributed by atoms with E-state index in [9.17, 15) is 19.5 Å². The molecule has 0 aliphatic carbocycles. The van der Waals surface area contributed by atoms with Crippen LogP contribution in [0.2, 0.25) is 5.02 Å². The van der Waals surface area contributed by atoms with Crippen molar-refractivity contribution < 1.29 is 24.2 Å². The molecular formula is C29H37ClN2O5S. The number of esters is 1. The standard InChI is InChI=1S/C29H37ClN2O5S/c1-6-13-31(20-11-9-19(30)10-12-20)27(35)25-29-18(5)15-22(38-29)23(28(36)37-14-7-2)24(29)26(34)32(25)21(16-33)17(4)8-3/h6-7,9-12,17-18,21-25,33H,1-2,8,13-16H2,3-5H3/t17-,18?,21-,22+,23-,24-,25?,29?/m0/s1. The van der Waals surface area contributed by atoms with Crippen molar-refractivity contribution in [3.8, 4) is 0 Å². The van der Waals surface area contributed by atoms with Gasteiger partial charge in [0, 0.05) is 22.5 Å². The molecule has 38 heavy (non-hydrogen) atoms. The van der Waals surface area contributed by atoms with Gasteiger partial charge in [-0.15, -0.1) is 18.3 Å². The first-order chi connectivity index (χ1) is 18.2. The highest BCUT2D eigenvalue weighted by atomic mass is 35.5. The minimum atomic E-state index is -0.857. The number of halogens is 1. The number of aliphatic hydroxyl groups excluding tert-OH is 1. The van der Waals surface area contributed by atoms with Gasteiger partial charge in [-0.25, -0.2) is 0 Å². The Morgan fingerprint density at radius 2 is 2.00 bits per heavy atom. The van der Waals surface area contributed by atoms with Crippen molar-refractivity contribution in [3.63, 3.8) is 0 Å². The molecule has 2 bridgehead atoms. The monoisotopic (exact) mass is 560 g/mol. The molecule has 1 spiro atoms. The maximum absolute atomic E-state index is 14.7. The van der Waals surface area contributed by atoms with Gasteiger partial charge in [-0.1, -0.05) is 57.5 Å². The van der Waals surface area contributed by atoms with Gasteiger partial charge in [0.05, 0.1) is 29.2 Å². The summed E-state index contributed by atoms with van der Waals surface area (Å²) in [5, 5.41) is 11.0. The number of likely N-dealkylation sites (tertiary alicyclic amines) is 1. The van der Waals surface area contributed by atoms with Crippen LogP contribution in [0, 0.1) is 23.7 Å². The Kier molecular flexibility index (Phi) is 8.65. The van der Waals surface area contributed by atoms with Crippen LogP contribution in [0.25, 0.3) is 0 Å². The number of anilines is 1. The first-order valence-electron chi connectivity index (χ1n) is 13.2. The lowest BCUT2D eigenvalue weighted by Crippen LogP contribution is -2.60. The molecule has 2 amide bonds. The zero-order chi connectivity index (χ0) is 27.8. The number of nitrogens with zero attached hydrogens (tertiary/aromatic N) is 2. The number of hydrogen-bond donors (Lipinski definition) is 1. The van der Waals surface area contributed by atoms with E-state index >= 15 is 0 Å². The number of ether oxygens (including phenoxy) is 1. The van der Waals surface area contributed by atoms with E-state index in [1.54, 1.807) is 51.9 Å². The van der Waals surface area contributed by atoms with Gasteiger partial charge in [0.2, 0.25) is 5.91 Å². The fourth-order valence-electron chi connectivity index (χ4n) is 6.64. The first kappa shape index (κ1) is 28.7. The van der Waals surface area contributed by atoms with Gasteiger partial charge in [-0.3, -0.25) is 14.4 Å². The lowest BCUT2D eigenvalue weighted by atomic mass is 9.66. The molecule has 0 saturated carbocycles. The second-order valence-corrected chi connectivity index (χ2v) is 12.6. The van der Waals surface area contributed by atoms with Gasteiger partial charge in [0.15, 0.2) is 0 Å². The molecule has 3 aliphatic rings. The van der Waals surface area contributed by atoms with Crippen LogP contribution >= 0.6 is 23.4 Å². The van der Waals surface area contributed by atoms with Gasteiger partial charge in [-0.2, -0.15) is 0 Å². The summed E-state index contributed by atoms with van der Waals surface area (Å²) in [5.74, 6) is -2.33. The highest BCUT2D eigenvalue weighted by Crippen LogP contribution is 2.69. The van der Waals surface area contributed by atoms with Gasteiger partial charge >= 0.3 is 5.97 Å². The Morgan fingerprint density at radius 3 is 2.58 bits per heavy atom. The van der Waals surface area contributed by atoms with Crippen molar-refractivity contribution in [2.24, 2.45) is 23.7 Å². The Bertz CT molecular complexity index is 1100. The molecule has 9 heteroatoms. The third-order valence-corrected chi connectivity index (χ3v) is 10.9. The molecule has 1 N–H and O–H groups in total. The van der Waals surface area contributed by atoms with Crippen LogP contribution in [0.1, 0.15) is 33.6 Å². The van der Waals surface area contributed by atoms with E-state index in [4.69, 9.17) is 16.3 Å². The number of carbonyl (C=O) groups excluding carboxylic acids is 3. The van der Waals surface area contributed by atoms with E-state index in [2.05, 4.69) is 20.1 Å². The summed E-state index contributed by atoms with van der Waals surface area (Å²) < 4.78 is 4.64. The predicted molar refractivity (Wildman–Crippen MR) is 151 cm³/mol. The van der Waals surface area contributed by atoms with Gasteiger partial charge < -0.3 is 19.6 Å². The molecule has 1 aromatic carbocycles. The van der Waals surface area contributed by atoms with Crippen molar-refractivity contribution in [3.05, 3.63) is 54.6 Å². The summed E-state index contributed by atoms with van der Waals surface area (Å²) >= 11 is 7.71. The molecule has 3 heterocycles. The number of fused-ring (bicyclic) bond motifs is 1. The first-order valence-corrected chi connectivity index (χ1v) is 14.5. The van der Waals surface area contributed by atoms with Gasteiger partial charge in [0.1, 0.15) is 12.6 Å². The summed E-state index contributed by atoms with van der Waals surface area (Å²) in [6, 6.07) is 5.57. The summed E-state index contributed by atoms with van der Waals surface area (Å²) in [6.45, 7) is 13.6. The van der Waals surface area contributed by atoms with Crippen LogP contribution in [0.15, 0.2) is 49.6 Å². The molecule has 0 aromatic heterocycles. The van der Waals surface area contributed by atoms with Crippen molar-refractivity contribution >= 4 is 46.8 Å². The van der Waals surface area contributed by atoms with E-state index in [0.717, 1.165) is 6.42 Å². The normalized spacial score (nSPS) is 31.0. The fourth-order valence-corrected chi connectivity index (χ4v) is 9.15. The topological polar surface area (TPSA) is 87.1 Å². The van der Waals surface area contributed by atoms with E-state index in [-0.39, 0.29) is 48.7 Å². The molecule has 0 radical (unpaired) electrons. The second kappa shape index (κ2) is 11.4. The van der Waals surface area contributed by atoms with Gasteiger partial charge in [0.25, 0.3) is 5.91 Å². The lowest BCUT2D eigenvalue weighted by Gasteiger charge is -2.43. The maximum Gasteiger partial charge on any atom is 0.311 e. The number of rotatable bonds is 11. The van der Waals surface area contributed by atoms with E-state index < -0.39 is 34.6 Å². The van der Waals surface area contributed by atoms with Gasteiger partial charge in [-0.05, 0) is 42.5 Å². The number of aliphatic hydroxyl groups is 1. The average Bonchev–Trinajstić information content (AvgIpc) is 3.50. The average molecular weight is 561 g/mol. The summed E-state index contributed by atoms with van der Waals surface area (Å²) in [5.41, 5.74) is 0.641. The molecule has 3 saturated heterocycles. The number of hydrogen-bond acceptors (Lipinski definition) is 6. The van der Waals surface area contributed by atoms with Crippen LogP contribution in [-0.2, 0) is 19.1 Å². The van der Waals surface area contributed by atoms with Crippen LogP contribution in [0.3, 0.4) is 0 Å². The number of thioether (sulfide) groups is 1. The largest absolute Gasteiger partial charge is 0.461 e. The van der Waals surface area contributed by atoms with Crippen molar-refractivity contribution in [1.82, 2.24) is 4.90 Å². The van der Waals surface area contributed by atoms with Crippen molar-refractivity contribution in [1.29, 1.82) is 0 Å². The zero-order valence-corrected chi connectivity index (χ0v) is 23.8.